The molecule has 0 N–H and O–H groups in total. The van der Waals surface area contributed by atoms with Crippen LogP contribution in [0.5, 0.6) is 5.88 Å². The van der Waals surface area contributed by atoms with Crippen LogP contribution in [0, 0.1) is 6.92 Å². The van der Waals surface area contributed by atoms with Crippen molar-refractivity contribution in [2.45, 2.75) is 6.92 Å². The molecule has 0 bridgehead atoms. The smallest absolute Gasteiger partial charge is 0.218 e. The number of hydrogen-bond donors (Lipinski definition) is 0. The maximum Gasteiger partial charge on any atom is 0.218 e. The lowest BCUT2D eigenvalue weighted by molar-refractivity contribution is 0.396. The summed E-state index contributed by atoms with van der Waals surface area (Å²) in [6.45, 7) is 5.55. The molecule has 0 spiro atoms. The van der Waals surface area contributed by atoms with E-state index in [1.54, 1.807) is 19.5 Å². The molecule has 0 amide bonds. The van der Waals surface area contributed by atoms with Gasteiger partial charge in [0.2, 0.25) is 5.88 Å². The summed E-state index contributed by atoms with van der Waals surface area (Å²) >= 11 is 0. The van der Waals surface area contributed by atoms with Gasteiger partial charge in [-0.2, -0.15) is 0 Å². The molecule has 0 radical (unpaired) electrons. The molecule has 3 rings (SSSR count). The monoisotopic (exact) mass is 286 g/mol. The lowest BCUT2D eigenvalue weighted by Gasteiger charge is -2.36. The molecule has 21 heavy (non-hydrogen) atoms. The van der Waals surface area contributed by atoms with Gasteiger partial charge in [-0.3, -0.25) is 4.98 Å². The first-order valence-corrected chi connectivity index (χ1v) is 6.91. The van der Waals surface area contributed by atoms with Gasteiger partial charge in [0, 0.05) is 44.6 Å². The number of ether oxygens (including phenoxy) is 1. The first kappa shape index (κ1) is 13.5. The maximum absolute atomic E-state index is 5.15. The van der Waals surface area contributed by atoms with Gasteiger partial charge in [-0.15, -0.1) is 0 Å². The Morgan fingerprint density at radius 1 is 0.952 bits per heavy atom. The summed E-state index contributed by atoms with van der Waals surface area (Å²) in [5.41, 5.74) is 0.967. The Bertz CT molecular complexity index is 612. The van der Waals surface area contributed by atoms with Crippen LogP contribution in [0.2, 0.25) is 0 Å². The van der Waals surface area contributed by atoms with Crippen molar-refractivity contribution in [2.24, 2.45) is 0 Å². The minimum atomic E-state index is 0.590. The quantitative estimate of drug-likeness (QED) is 0.830. The molecule has 1 aliphatic rings. The van der Waals surface area contributed by atoms with E-state index in [4.69, 9.17) is 4.74 Å². The lowest BCUT2D eigenvalue weighted by atomic mass is 10.3. The third-order valence-electron chi connectivity index (χ3n) is 3.60. The Hall–Kier alpha value is -2.44. The number of anilines is 2. The molecule has 0 atom stereocenters. The highest BCUT2D eigenvalue weighted by molar-refractivity contribution is 5.47. The van der Waals surface area contributed by atoms with Crippen LogP contribution in [0.25, 0.3) is 0 Å². The Balaban J connectivity index is 1.69. The van der Waals surface area contributed by atoms with Crippen molar-refractivity contribution in [3.05, 3.63) is 30.5 Å². The summed E-state index contributed by atoms with van der Waals surface area (Å²) in [5, 5.41) is 0. The first-order chi connectivity index (χ1) is 10.3. The zero-order chi connectivity index (χ0) is 14.7. The fraction of sp³-hybridized carbons (Fsp3) is 0.429. The molecule has 1 saturated heterocycles. The van der Waals surface area contributed by atoms with Gasteiger partial charge in [0.15, 0.2) is 0 Å². The second kappa shape index (κ2) is 5.90. The van der Waals surface area contributed by atoms with E-state index in [0.29, 0.717) is 5.88 Å². The van der Waals surface area contributed by atoms with Crippen LogP contribution in [0.4, 0.5) is 11.6 Å². The number of hydrogen-bond acceptors (Lipinski definition) is 7. The van der Waals surface area contributed by atoms with Crippen molar-refractivity contribution in [3.63, 3.8) is 0 Å². The SMILES string of the molecule is COc1cc(N2CCN(c3nccnc3C)CC2)ncn1. The number of aryl methyl sites for hydroxylation is 1. The minimum Gasteiger partial charge on any atom is -0.481 e. The Kier molecular flexibility index (Phi) is 3.81. The molecule has 3 heterocycles. The van der Waals surface area contributed by atoms with Crippen LogP contribution in [0.15, 0.2) is 24.8 Å². The maximum atomic E-state index is 5.15. The third-order valence-corrected chi connectivity index (χ3v) is 3.60. The normalized spacial score (nSPS) is 15.1. The number of nitrogens with zero attached hydrogens (tertiary/aromatic N) is 6. The molecule has 7 nitrogen and oxygen atoms in total. The number of aromatic nitrogens is 4. The second-order valence-corrected chi connectivity index (χ2v) is 4.86. The van der Waals surface area contributed by atoms with Crippen molar-refractivity contribution in [1.29, 1.82) is 0 Å². The molecule has 2 aromatic heterocycles. The van der Waals surface area contributed by atoms with Crippen LogP contribution in [-0.2, 0) is 0 Å². The summed E-state index contributed by atoms with van der Waals surface area (Å²) in [5.74, 6) is 2.46. The van der Waals surface area contributed by atoms with Crippen molar-refractivity contribution in [2.75, 3.05) is 43.1 Å². The van der Waals surface area contributed by atoms with Crippen molar-refractivity contribution >= 4 is 11.6 Å². The van der Waals surface area contributed by atoms with E-state index in [-0.39, 0.29) is 0 Å². The number of piperazine rings is 1. The van der Waals surface area contributed by atoms with Crippen LogP contribution in [0.1, 0.15) is 5.69 Å². The minimum absolute atomic E-state index is 0.590. The fourth-order valence-corrected chi connectivity index (χ4v) is 2.47. The average Bonchev–Trinajstić information content (AvgIpc) is 2.56. The summed E-state index contributed by atoms with van der Waals surface area (Å²) < 4.78 is 5.15. The standard InChI is InChI=1S/C14H18N6O/c1-11-14(16-4-3-15-11)20-7-5-19(6-8-20)12-9-13(21-2)18-10-17-12/h3-4,9-10H,5-8H2,1-2H3. The highest BCUT2D eigenvalue weighted by atomic mass is 16.5. The highest BCUT2D eigenvalue weighted by Gasteiger charge is 2.20. The van der Waals surface area contributed by atoms with Crippen LogP contribution in [-0.4, -0.2) is 53.2 Å². The molecule has 0 saturated carbocycles. The van der Waals surface area contributed by atoms with Gasteiger partial charge >= 0.3 is 0 Å². The van der Waals surface area contributed by atoms with Crippen LogP contribution in [0.3, 0.4) is 0 Å². The molecular formula is C14H18N6O. The summed E-state index contributed by atoms with van der Waals surface area (Å²) in [6, 6.07) is 1.86. The molecule has 1 fully saturated rings. The van der Waals surface area contributed by atoms with Gasteiger partial charge in [-0.1, -0.05) is 0 Å². The Morgan fingerprint density at radius 3 is 2.38 bits per heavy atom. The van der Waals surface area contributed by atoms with E-state index in [9.17, 15) is 0 Å². The molecule has 2 aromatic rings. The average molecular weight is 286 g/mol. The second-order valence-electron chi connectivity index (χ2n) is 4.86. The number of methoxy groups -OCH3 is 1. The van der Waals surface area contributed by atoms with E-state index in [1.165, 1.54) is 6.33 Å². The molecule has 0 unspecified atom stereocenters. The highest BCUT2D eigenvalue weighted by Crippen LogP contribution is 2.20. The van der Waals surface area contributed by atoms with E-state index < -0.39 is 0 Å². The predicted octanol–water partition coefficient (Wildman–Crippen LogP) is 0.910. The third kappa shape index (κ3) is 2.86. The zero-order valence-electron chi connectivity index (χ0n) is 12.2. The van der Waals surface area contributed by atoms with Gasteiger partial charge in [0.05, 0.1) is 12.8 Å². The summed E-state index contributed by atoms with van der Waals surface area (Å²) in [4.78, 5) is 21.6. The zero-order valence-corrected chi connectivity index (χ0v) is 12.2. The van der Waals surface area contributed by atoms with Gasteiger partial charge < -0.3 is 14.5 Å². The molecule has 0 aromatic carbocycles. The van der Waals surface area contributed by atoms with Gasteiger partial charge in [0.1, 0.15) is 18.0 Å². The van der Waals surface area contributed by atoms with E-state index in [0.717, 1.165) is 43.5 Å². The van der Waals surface area contributed by atoms with E-state index in [2.05, 4.69) is 29.7 Å². The van der Waals surface area contributed by atoms with Crippen molar-refractivity contribution < 1.29 is 4.74 Å². The van der Waals surface area contributed by atoms with Crippen LogP contribution < -0.4 is 14.5 Å². The van der Waals surface area contributed by atoms with Gasteiger partial charge in [-0.25, -0.2) is 15.0 Å². The first-order valence-electron chi connectivity index (χ1n) is 6.91. The predicted molar refractivity (Wildman–Crippen MR) is 79.8 cm³/mol. The van der Waals surface area contributed by atoms with Gasteiger partial charge in [-0.05, 0) is 6.92 Å². The largest absolute Gasteiger partial charge is 0.481 e. The fourth-order valence-electron chi connectivity index (χ4n) is 2.47. The summed E-state index contributed by atoms with van der Waals surface area (Å²) in [7, 11) is 1.61. The Morgan fingerprint density at radius 2 is 1.67 bits per heavy atom. The van der Waals surface area contributed by atoms with Crippen molar-refractivity contribution in [1.82, 2.24) is 19.9 Å². The molecule has 7 heteroatoms. The molecular weight excluding hydrogens is 268 g/mol. The van der Waals surface area contributed by atoms with Crippen LogP contribution >= 0.6 is 0 Å². The Labute approximate surface area is 123 Å². The lowest BCUT2D eigenvalue weighted by Crippen LogP contribution is -2.47. The number of rotatable bonds is 3. The summed E-state index contributed by atoms with van der Waals surface area (Å²) in [6.07, 6.45) is 5.00. The molecule has 1 aliphatic heterocycles. The molecule has 110 valence electrons. The topological polar surface area (TPSA) is 67.3 Å². The van der Waals surface area contributed by atoms with Gasteiger partial charge in [0.25, 0.3) is 0 Å². The van der Waals surface area contributed by atoms with E-state index >= 15 is 0 Å². The van der Waals surface area contributed by atoms with E-state index in [1.807, 2.05) is 13.0 Å². The molecule has 0 aliphatic carbocycles. The van der Waals surface area contributed by atoms with Crippen molar-refractivity contribution in [3.8, 4) is 5.88 Å².